The van der Waals surface area contributed by atoms with Crippen molar-refractivity contribution in [2.45, 2.75) is 93.9 Å². The minimum absolute atomic E-state index is 1.25. The van der Waals surface area contributed by atoms with Crippen molar-refractivity contribution < 1.29 is 0 Å². The molecule has 0 heterocycles. The molecule has 0 N–H and O–H groups in total. The fourth-order valence-corrected chi connectivity index (χ4v) is 0.677. The van der Waals surface area contributed by atoms with Gasteiger partial charge in [0.05, 0.1) is 0 Å². The molecule has 0 heteroatoms. The van der Waals surface area contributed by atoms with Gasteiger partial charge in [-0.2, -0.15) is 0 Å². The average molecular weight is 204 g/mol. The molecular weight excluding hydrogens is 168 g/mol. The molecule has 14 heavy (non-hydrogen) atoms. The first-order valence-electron chi connectivity index (χ1n) is 6.83. The van der Waals surface area contributed by atoms with Crippen LogP contribution < -0.4 is 0 Å². The van der Waals surface area contributed by atoms with Crippen molar-refractivity contribution in [3.63, 3.8) is 0 Å². The van der Waals surface area contributed by atoms with Crippen LogP contribution in [0.25, 0.3) is 0 Å². The highest BCUT2D eigenvalue weighted by Crippen LogP contribution is 2.00. The van der Waals surface area contributed by atoms with E-state index in [1.807, 2.05) is 27.7 Å². The number of unbranched alkanes of at least 4 members (excludes halogenated alkanes) is 4. The van der Waals surface area contributed by atoms with Gasteiger partial charge in [-0.25, -0.2) is 0 Å². The van der Waals surface area contributed by atoms with Gasteiger partial charge in [-0.15, -0.1) is 0 Å². The lowest BCUT2D eigenvalue weighted by atomic mass is 10.2. The summed E-state index contributed by atoms with van der Waals surface area (Å²) in [6, 6.07) is 0. The number of hydrogen-bond donors (Lipinski definition) is 0. The molecule has 0 saturated carbocycles. The number of hydrogen-bond acceptors (Lipinski definition) is 0. The molecule has 0 aromatic rings. The van der Waals surface area contributed by atoms with Gasteiger partial charge in [-0.05, 0) is 0 Å². The van der Waals surface area contributed by atoms with E-state index >= 15 is 0 Å². The zero-order valence-corrected chi connectivity index (χ0v) is 12.2. The molecule has 0 nitrogen and oxygen atoms in total. The van der Waals surface area contributed by atoms with Gasteiger partial charge in [0.25, 0.3) is 0 Å². The molecule has 0 aromatic carbocycles. The van der Waals surface area contributed by atoms with Crippen molar-refractivity contribution in [2.24, 2.45) is 0 Å². The van der Waals surface area contributed by atoms with Crippen LogP contribution >= 0.6 is 0 Å². The maximum Gasteiger partial charge on any atom is -0.0533 e. The summed E-state index contributed by atoms with van der Waals surface area (Å²) in [5.41, 5.74) is 0. The van der Waals surface area contributed by atoms with Gasteiger partial charge in [0.2, 0.25) is 0 Å². The molecule has 0 radical (unpaired) electrons. The van der Waals surface area contributed by atoms with Crippen LogP contribution in [0.15, 0.2) is 0 Å². The van der Waals surface area contributed by atoms with Gasteiger partial charge >= 0.3 is 0 Å². The molecule has 0 amide bonds. The summed E-state index contributed by atoms with van der Waals surface area (Å²) in [5, 5.41) is 0. The molecule has 92 valence electrons. The van der Waals surface area contributed by atoms with Crippen LogP contribution in [0.4, 0.5) is 0 Å². The van der Waals surface area contributed by atoms with Crippen LogP contribution in [0, 0.1) is 0 Å². The molecule has 0 rings (SSSR count). The fraction of sp³-hybridized carbons (Fsp3) is 1.00. The highest BCUT2D eigenvalue weighted by molar-refractivity contribution is 4.35. The molecule has 0 aromatic heterocycles. The van der Waals surface area contributed by atoms with Crippen LogP contribution in [-0.4, -0.2) is 0 Å². The topological polar surface area (TPSA) is 0 Å². The Hall–Kier alpha value is 0. The number of rotatable bonds is 4. The maximum absolute atomic E-state index is 2.25. The van der Waals surface area contributed by atoms with E-state index in [-0.39, 0.29) is 0 Å². The van der Waals surface area contributed by atoms with E-state index in [1.54, 1.807) is 0 Å². The average Bonchev–Trinajstić information content (AvgIpc) is 2.26. The van der Waals surface area contributed by atoms with Gasteiger partial charge in [0.15, 0.2) is 0 Å². The second kappa shape index (κ2) is 52.0. The molecule has 0 aliphatic carbocycles. The van der Waals surface area contributed by atoms with E-state index in [4.69, 9.17) is 0 Å². The van der Waals surface area contributed by atoms with Gasteiger partial charge in [-0.3, -0.25) is 0 Å². The van der Waals surface area contributed by atoms with Crippen molar-refractivity contribution in [2.75, 3.05) is 0 Å². The summed E-state index contributed by atoms with van der Waals surface area (Å²) >= 11 is 0. The van der Waals surface area contributed by atoms with Crippen LogP contribution in [-0.2, 0) is 0 Å². The Balaban J connectivity index is -0.0000000603. The zero-order chi connectivity index (χ0) is 12.2. The summed E-state index contributed by atoms with van der Waals surface area (Å²) in [5.74, 6) is 0. The quantitative estimate of drug-likeness (QED) is 0.462. The molecule has 0 bridgehead atoms. The minimum atomic E-state index is 1.25. The zero-order valence-electron chi connectivity index (χ0n) is 12.2. The van der Waals surface area contributed by atoms with E-state index in [1.165, 1.54) is 38.5 Å². The lowest BCUT2D eigenvalue weighted by molar-refractivity contribution is 0.656. The summed E-state index contributed by atoms with van der Waals surface area (Å²) in [7, 11) is 0. The van der Waals surface area contributed by atoms with E-state index in [0.717, 1.165) is 0 Å². The second-order valence-corrected chi connectivity index (χ2v) is 2.77. The van der Waals surface area contributed by atoms with Gasteiger partial charge in [0.1, 0.15) is 0 Å². The van der Waals surface area contributed by atoms with Crippen molar-refractivity contribution in [1.29, 1.82) is 0 Å². The largest absolute Gasteiger partial charge is 0.0683 e. The van der Waals surface area contributed by atoms with Crippen LogP contribution in [0.3, 0.4) is 0 Å². The van der Waals surface area contributed by atoms with Crippen molar-refractivity contribution >= 4 is 0 Å². The van der Waals surface area contributed by atoms with E-state index < -0.39 is 0 Å². The fourth-order valence-electron chi connectivity index (χ4n) is 0.677. The predicted octanol–water partition coefficient (Wildman–Crippen LogP) is 6.45. The Kier molecular flexibility index (Phi) is 87.9. The Morgan fingerprint density at radius 1 is 0.500 bits per heavy atom. The standard InChI is InChI=1S/C7H16.C3H8.2C2H6/c1-3-5-7-6-4-2;1-3-2;2*1-2/h3-7H2,1-2H3;3H2,1-2H3;2*1-2H3. The lowest BCUT2D eigenvalue weighted by Gasteiger charge is -1.90. The summed E-state index contributed by atoms with van der Waals surface area (Å²) in [4.78, 5) is 0. The molecule has 0 atom stereocenters. The first-order valence-corrected chi connectivity index (χ1v) is 6.83. The molecule has 0 aliphatic heterocycles. The minimum Gasteiger partial charge on any atom is -0.0683 e. The molecule has 0 unspecified atom stereocenters. The third kappa shape index (κ3) is 90.8. The smallest absolute Gasteiger partial charge is 0.0533 e. The van der Waals surface area contributed by atoms with Crippen LogP contribution in [0.5, 0.6) is 0 Å². The Labute approximate surface area is 94.5 Å². The first kappa shape index (κ1) is 23.7. The summed E-state index contributed by atoms with van der Waals surface area (Å²) in [6.45, 7) is 16.7. The summed E-state index contributed by atoms with van der Waals surface area (Å²) < 4.78 is 0. The Morgan fingerprint density at radius 2 is 0.714 bits per heavy atom. The van der Waals surface area contributed by atoms with Crippen molar-refractivity contribution in [1.82, 2.24) is 0 Å². The second-order valence-electron chi connectivity index (χ2n) is 2.77. The summed E-state index contributed by atoms with van der Waals surface area (Å²) in [6.07, 6.45) is 8.26. The monoisotopic (exact) mass is 204 g/mol. The van der Waals surface area contributed by atoms with Crippen molar-refractivity contribution in [3.8, 4) is 0 Å². The molecule has 0 saturated heterocycles. The van der Waals surface area contributed by atoms with Crippen LogP contribution in [0.2, 0.25) is 0 Å². The highest BCUT2D eigenvalue weighted by atomic mass is 13.9. The third-order valence-corrected chi connectivity index (χ3v) is 1.21. The van der Waals surface area contributed by atoms with Crippen LogP contribution in [0.1, 0.15) is 93.9 Å². The van der Waals surface area contributed by atoms with Gasteiger partial charge in [-0.1, -0.05) is 93.9 Å². The molecule has 0 spiro atoms. The van der Waals surface area contributed by atoms with E-state index in [9.17, 15) is 0 Å². The van der Waals surface area contributed by atoms with Crippen molar-refractivity contribution in [3.05, 3.63) is 0 Å². The van der Waals surface area contributed by atoms with Gasteiger partial charge < -0.3 is 0 Å². The lowest BCUT2D eigenvalue weighted by Crippen LogP contribution is -1.70. The molecule has 0 aliphatic rings. The predicted molar refractivity (Wildman–Crippen MR) is 73.1 cm³/mol. The maximum atomic E-state index is 2.25. The third-order valence-electron chi connectivity index (χ3n) is 1.21. The Morgan fingerprint density at radius 3 is 0.857 bits per heavy atom. The normalized spacial score (nSPS) is 6.86. The van der Waals surface area contributed by atoms with E-state index in [0.29, 0.717) is 0 Å². The van der Waals surface area contributed by atoms with E-state index in [2.05, 4.69) is 27.7 Å². The first-order chi connectivity index (χ1) is 6.83. The van der Waals surface area contributed by atoms with Gasteiger partial charge in [0, 0.05) is 0 Å². The molecule has 0 fully saturated rings. The highest BCUT2D eigenvalue weighted by Gasteiger charge is 1.80. The SMILES string of the molecule is CC.CC.CCC.CCCCCCC. The Bertz CT molecular complexity index is 27.0. The molecular formula is C14H36.